The fraction of sp³-hybridized carbons (Fsp3) is 0.250. The molecule has 0 saturated carbocycles. The van der Waals surface area contributed by atoms with Crippen LogP contribution >= 0.6 is 0 Å². The van der Waals surface area contributed by atoms with E-state index in [-0.39, 0.29) is 12.3 Å². The van der Waals surface area contributed by atoms with Crippen molar-refractivity contribution in [2.45, 2.75) is 20.5 Å². The van der Waals surface area contributed by atoms with Crippen LogP contribution in [-0.4, -0.2) is 39.0 Å². The number of tetrazole rings is 1. The third-order valence-corrected chi connectivity index (χ3v) is 5.45. The Kier molecular flexibility index (Phi) is 6.12. The van der Waals surface area contributed by atoms with Crippen LogP contribution in [0.5, 0.6) is 17.5 Å². The van der Waals surface area contributed by atoms with Crippen LogP contribution in [0, 0.1) is 13.8 Å². The van der Waals surface area contributed by atoms with Crippen LogP contribution in [0.1, 0.15) is 16.7 Å². The maximum absolute atomic E-state index is 12.4. The van der Waals surface area contributed by atoms with Crippen molar-refractivity contribution in [3.63, 3.8) is 0 Å². The van der Waals surface area contributed by atoms with Crippen LogP contribution in [-0.2, 0) is 13.7 Å². The molecule has 9 heteroatoms. The minimum atomic E-state index is -0.321. The number of aromatic nitrogens is 5. The van der Waals surface area contributed by atoms with Crippen molar-refractivity contribution in [1.29, 1.82) is 0 Å². The largest absolute Gasteiger partial charge is 0.489 e. The number of benzene rings is 2. The minimum Gasteiger partial charge on any atom is -0.489 e. The third kappa shape index (κ3) is 4.30. The molecule has 33 heavy (non-hydrogen) atoms. The summed E-state index contributed by atoms with van der Waals surface area (Å²) in [6, 6.07) is 15.2. The van der Waals surface area contributed by atoms with Gasteiger partial charge in [-0.2, -0.15) is 14.3 Å². The summed E-state index contributed by atoms with van der Waals surface area (Å²) in [4.78, 5) is 16.8. The zero-order chi connectivity index (χ0) is 23.5. The molecule has 0 spiro atoms. The van der Waals surface area contributed by atoms with Crippen molar-refractivity contribution in [2.75, 3.05) is 14.2 Å². The second kappa shape index (κ2) is 9.15. The van der Waals surface area contributed by atoms with Gasteiger partial charge in [-0.15, -0.1) is 0 Å². The molecule has 0 aliphatic heterocycles. The van der Waals surface area contributed by atoms with Gasteiger partial charge in [0.2, 0.25) is 11.8 Å². The number of ether oxygens (including phenoxy) is 3. The molecule has 0 unspecified atom stereocenters. The molecule has 2 aromatic carbocycles. The molecule has 170 valence electrons. The number of hydrogen-bond acceptors (Lipinski definition) is 7. The maximum Gasteiger partial charge on any atom is 0.368 e. The Balaban J connectivity index is 1.67. The molecule has 0 radical (unpaired) electrons. The molecule has 0 atom stereocenters. The fourth-order valence-corrected chi connectivity index (χ4v) is 3.57. The Morgan fingerprint density at radius 2 is 1.73 bits per heavy atom. The Morgan fingerprint density at radius 1 is 0.909 bits per heavy atom. The quantitative estimate of drug-likeness (QED) is 0.429. The Hall–Kier alpha value is -4.14. The van der Waals surface area contributed by atoms with E-state index in [2.05, 4.69) is 15.4 Å². The summed E-state index contributed by atoms with van der Waals surface area (Å²) in [7, 11) is 4.71. The molecule has 0 amide bonds. The highest BCUT2D eigenvalue weighted by molar-refractivity contribution is 5.73. The number of nitrogens with zero attached hydrogens (tertiary/aromatic N) is 5. The molecular formula is C24H25N5O4. The Morgan fingerprint density at radius 3 is 2.42 bits per heavy atom. The van der Waals surface area contributed by atoms with Crippen molar-refractivity contribution >= 4 is 0 Å². The molecule has 0 bridgehead atoms. The first-order chi connectivity index (χ1) is 15.9. The first-order valence-corrected chi connectivity index (χ1v) is 10.3. The van der Waals surface area contributed by atoms with Gasteiger partial charge in [-0.25, -0.2) is 4.79 Å². The molecule has 0 aliphatic carbocycles. The Bertz CT molecular complexity index is 1360. The van der Waals surface area contributed by atoms with Crippen molar-refractivity contribution in [1.82, 2.24) is 24.8 Å². The zero-order valence-electron chi connectivity index (χ0n) is 19.2. The van der Waals surface area contributed by atoms with E-state index in [1.165, 1.54) is 9.36 Å². The van der Waals surface area contributed by atoms with E-state index in [1.807, 2.05) is 56.3 Å². The third-order valence-electron chi connectivity index (χ3n) is 5.45. The van der Waals surface area contributed by atoms with Crippen LogP contribution in [0.4, 0.5) is 0 Å². The summed E-state index contributed by atoms with van der Waals surface area (Å²) in [5, 5.41) is 7.79. The molecule has 2 heterocycles. The monoisotopic (exact) mass is 447 g/mol. The molecule has 2 aromatic heterocycles. The topological polar surface area (TPSA) is 93.3 Å². The molecule has 9 nitrogen and oxygen atoms in total. The van der Waals surface area contributed by atoms with Crippen LogP contribution < -0.4 is 19.9 Å². The van der Waals surface area contributed by atoms with E-state index in [0.29, 0.717) is 23.2 Å². The molecule has 0 saturated heterocycles. The van der Waals surface area contributed by atoms with Gasteiger partial charge in [0.05, 0.1) is 19.9 Å². The first-order valence-electron chi connectivity index (χ1n) is 10.3. The molecule has 0 fully saturated rings. The summed E-state index contributed by atoms with van der Waals surface area (Å²) in [5.74, 6) is 1.62. The summed E-state index contributed by atoms with van der Waals surface area (Å²) in [6.07, 6.45) is 0. The average Bonchev–Trinajstić information content (AvgIpc) is 3.16. The minimum absolute atomic E-state index is 0.255. The molecule has 4 aromatic rings. The summed E-state index contributed by atoms with van der Waals surface area (Å²) in [6.45, 7) is 4.24. The van der Waals surface area contributed by atoms with Crippen LogP contribution in [0.3, 0.4) is 0 Å². The SMILES string of the molecule is COc1ccc(-c2cc(OCc3c(C)cccc3-n3nnn(C)c3=O)ccc2C)c(OC)n1. The van der Waals surface area contributed by atoms with Gasteiger partial charge in [-0.1, -0.05) is 18.2 Å². The first kappa shape index (κ1) is 22.1. The molecular weight excluding hydrogens is 422 g/mol. The van der Waals surface area contributed by atoms with Gasteiger partial charge in [-0.3, -0.25) is 0 Å². The van der Waals surface area contributed by atoms with Gasteiger partial charge in [0.15, 0.2) is 0 Å². The van der Waals surface area contributed by atoms with Crippen molar-refractivity contribution in [3.05, 3.63) is 75.7 Å². The van der Waals surface area contributed by atoms with Gasteiger partial charge in [0.25, 0.3) is 0 Å². The number of hydrogen-bond donors (Lipinski definition) is 0. The van der Waals surface area contributed by atoms with Gasteiger partial charge >= 0.3 is 5.69 Å². The van der Waals surface area contributed by atoms with Crippen molar-refractivity contribution < 1.29 is 14.2 Å². The fourth-order valence-electron chi connectivity index (χ4n) is 3.57. The van der Waals surface area contributed by atoms with Gasteiger partial charge in [0.1, 0.15) is 12.4 Å². The van der Waals surface area contributed by atoms with E-state index in [0.717, 1.165) is 27.8 Å². The second-order valence-corrected chi connectivity index (χ2v) is 7.55. The van der Waals surface area contributed by atoms with E-state index in [4.69, 9.17) is 14.2 Å². The second-order valence-electron chi connectivity index (χ2n) is 7.55. The van der Waals surface area contributed by atoms with Crippen LogP contribution in [0.15, 0.2) is 53.3 Å². The number of rotatable bonds is 7. The summed E-state index contributed by atoms with van der Waals surface area (Å²) < 4.78 is 19.3. The van der Waals surface area contributed by atoms with Crippen molar-refractivity contribution in [3.8, 4) is 34.3 Å². The molecule has 0 aliphatic rings. The summed E-state index contributed by atoms with van der Waals surface area (Å²) in [5.41, 5.74) is 4.98. The van der Waals surface area contributed by atoms with Crippen molar-refractivity contribution in [2.24, 2.45) is 7.05 Å². The van der Waals surface area contributed by atoms with E-state index >= 15 is 0 Å². The lowest BCUT2D eigenvalue weighted by molar-refractivity contribution is 0.305. The lowest BCUT2D eigenvalue weighted by Gasteiger charge is -2.15. The summed E-state index contributed by atoms with van der Waals surface area (Å²) >= 11 is 0. The van der Waals surface area contributed by atoms with Gasteiger partial charge < -0.3 is 14.2 Å². The van der Waals surface area contributed by atoms with E-state index < -0.39 is 0 Å². The maximum atomic E-state index is 12.4. The number of aryl methyl sites for hydroxylation is 3. The smallest absolute Gasteiger partial charge is 0.368 e. The highest BCUT2D eigenvalue weighted by Crippen LogP contribution is 2.35. The van der Waals surface area contributed by atoms with Crippen LogP contribution in [0.2, 0.25) is 0 Å². The molecule has 4 rings (SSSR count). The molecule has 0 N–H and O–H groups in total. The number of methoxy groups -OCH3 is 2. The number of pyridine rings is 1. The lowest BCUT2D eigenvalue weighted by atomic mass is 10.0. The normalized spacial score (nSPS) is 10.8. The standard InChI is InChI=1S/C24H25N5O4/c1-15-7-6-8-21(29-24(30)28(3)26-27-29)20(15)14-33-17-10-9-16(2)19(13-17)18-11-12-22(31-4)25-23(18)32-5/h6-13H,14H2,1-5H3. The van der Waals surface area contributed by atoms with E-state index in [1.54, 1.807) is 27.3 Å². The lowest BCUT2D eigenvalue weighted by Crippen LogP contribution is -2.23. The van der Waals surface area contributed by atoms with Crippen LogP contribution in [0.25, 0.3) is 16.8 Å². The van der Waals surface area contributed by atoms with E-state index in [9.17, 15) is 4.79 Å². The Labute approximate surface area is 191 Å². The zero-order valence-corrected chi connectivity index (χ0v) is 19.2. The predicted octanol–water partition coefficient (Wildman–Crippen LogP) is 3.24. The predicted molar refractivity (Wildman–Crippen MR) is 123 cm³/mol. The van der Waals surface area contributed by atoms with Gasteiger partial charge in [-0.05, 0) is 65.2 Å². The highest BCUT2D eigenvalue weighted by atomic mass is 16.5. The highest BCUT2D eigenvalue weighted by Gasteiger charge is 2.15. The van der Waals surface area contributed by atoms with Gasteiger partial charge in [0, 0.05) is 24.2 Å². The average molecular weight is 447 g/mol.